The SMILES string of the molecule is Cc1cc(C)c2op(Oc3cccc4c3C3c5c(Op6oc7c(C)cc(C)cc7c7cc(C)cc(C)c7o6)cccc5C35CC45)oc3c(C)cc(C)cc3c2c1. The summed E-state index contributed by atoms with van der Waals surface area (Å²) in [6.45, 7) is 16.9. The Labute approximate surface area is 327 Å². The van der Waals surface area contributed by atoms with Gasteiger partial charge in [0.2, 0.25) is 0 Å². The topological polar surface area (TPSA) is 71.0 Å². The van der Waals surface area contributed by atoms with E-state index in [1.54, 1.807) is 0 Å². The molecular weight excluding hydrogens is 734 g/mol. The first-order valence-electron chi connectivity index (χ1n) is 19.4. The second-order valence-electron chi connectivity index (χ2n) is 16.5. The van der Waals surface area contributed by atoms with Crippen LogP contribution in [0, 0.1) is 55.4 Å². The van der Waals surface area contributed by atoms with Gasteiger partial charge in [-0.1, -0.05) is 48.5 Å². The maximum Gasteiger partial charge on any atom is 0.453 e. The minimum absolute atomic E-state index is 0.0379. The smallest absolute Gasteiger partial charge is 0.390 e. The first kappa shape index (κ1) is 34.0. The van der Waals surface area contributed by atoms with Crippen molar-refractivity contribution in [2.45, 2.75) is 79.1 Å². The highest BCUT2D eigenvalue weighted by Gasteiger charge is 2.74. The van der Waals surface area contributed by atoms with E-state index in [1.165, 1.54) is 44.5 Å². The van der Waals surface area contributed by atoms with Gasteiger partial charge in [0.25, 0.3) is 0 Å². The van der Waals surface area contributed by atoms with Crippen LogP contribution in [0.5, 0.6) is 11.5 Å². The summed E-state index contributed by atoms with van der Waals surface area (Å²) in [5, 5.41) is 4.15. The van der Waals surface area contributed by atoms with Gasteiger partial charge in [-0.15, -0.1) is 0 Å². The molecule has 1 saturated carbocycles. The van der Waals surface area contributed by atoms with Gasteiger partial charge < -0.3 is 25.8 Å². The maximum atomic E-state index is 6.96. The van der Waals surface area contributed by atoms with Crippen LogP contribution in [0.2, 0.25) is 0 Å². The molecule has 1 fully saturated rings. The highest BCUT2D eigenvalue weighted by molar-refractivity contribution is 7.32. The first-order chi connectivity index (χ1) is 27.0. The fourth-order valence-electron chi connectivity index (χ4n) is 10.3. The third-order valence-corrected chi connectivity index (χ3v) is 14.4. The van der Waals surface area contributed by atoms with Crippen molar-refractivity contribution < 1.29 is 25.8 Å². The van der Waals surface area contributed by atoms with E-state index in [0.29, 0.717) is 5.92 Å². The molecule has 6 aromatic carbocycles. The van der Waals surface area contributed by atoms with Crippen LogP contribution in [0.4, 0.5) is 0 Å². The second-order valence-corrected chi connectivity index (χ2v) is 18.5. The van der Waals surface area contributed by atoms with Gasteiger partial charge in [-0.3, -0.25) is 0 Å². The van der Waals surface area contributed by atoms with E-state index in [4.69, 9.17) is 25.8 Å². The molecule has 0 amide bonds. The molecule has 8 aromatic rings. The first-order valence-corrected chi connectivity index (χ1v) is 21.6. The maximum absolute atomic E-state index is 6.96. The summed E-state index contributed by atoms with van der Waals surface area (Å²) >= 11 is 0. The van der Waals surface area contributed by atoms with Gasteiger partial charge in [0.15, 0.2) is 0 Å². The lowest BCUT2D eigenvalue weighted by molar-refractivity contribution is 0.451. The lowest BCUT2D eigenvalue weighted by atomic mass is 9.63. The Hall–Kier alpha value is -5.28. The van der Waals surface area contributed by atoms with E-state index in [1.807, 2.05) is 0 Å². The van der Waals surface area contributed by atoms with E-state index in [2.05, 4.69) is 140 Å². The highest BCUT2D eigenvalue weighted by atomic mass is 31.1. The van der Waals surface area contributed by atoms with E-state index in [0.717, 1.165) is 84.1 Å². The van der Waals surface area contributed by atoms with Crippen LogP contribution in [0.1, 0.15) is 85.0 Å². The van der Waals surface area contributed by atoms with Gasteiger partial charge in [-0.25, -0.2) is 0 Å². The third-order valence-electron chi connectivity index (χ3n) is 12.4. The summed E-state index contributed by atoms with van der Waals surface area (Å²) in [6.07, 6.45) is 1.11. The van der Waals surface area contributed by atoms with Crippen LogP contribution in [0.15, 0.2) is 102 Å². The van der Waals surface area contributed by atoms with E-state index in [9.17, 15) is 0 Å². The molecule has 3 aliphatic carbocycles. The molecular formula is C48H42O6P2. The minimum Gasteiger partial charge on any atom is -0.390 e. The molecule has 8 heteroatoms. The number of benzene rings is 6. The third kappa shape index (κ3) is 4.82. The van der Waals surface area contributed by atoms with Gasteiger partial charge in [0.1, 0.15) is 33.8 Å². The van der Waals surface area contributed by atoms with Crippen molar-refractivity contribution >= 4 is 60.4 Å². The fourth-order valence-corrected chi connectivity index (χ4v) is 12.7. The lowest BCUT2D eigenvalue weighted by Crippen LogP contribution is -2.31. The van der Waals surface area contributed by atoms with Crippen molar-refractivity contribution in [1.29, 1.82) is 0 Å². The van der Waals surface area contributed by atoms with Crippen LogP contribution in [-0.2, 0) is 5.41 Å². The molecule has 3 unspecified atom stereocenters. The summed E-state index contributed by atoms with van der Waals surface area (Å²) in [5.74, 6) is 2.14. The number of hydrogen-bond donors (Lipinski definition) is 0. The molecule has 56 heavy (non-hydrogen) atoms. The second kappa shape index (κ2) is 11.9. The summed E-state index contributed by atoms with van der Waals surface area (Å²) in [4.78, 5) is 0. The lowest BCUT2D eigenvalue weighted by Gasteiger charge is -2.39. The number of aryl methyl sites for hydroxylation is 8. The normalized spacial score (nSPS) is 18.7. The predicted octanol–water partition coefficient (Wildman–Crippen LogP) is 14.9. The van der Waals surface area contributed by atoms with Crippen molar-refractivity contribution in [2.75, 3.05) is 0 Å². The molecule has 0 N–H and O–H groups in total. The Morgan fingerprint density at radius 2 is 0.893 bits per heavy atom. The molecule has 2 aromatic heterocycles. The molecule has 0 radical (unpaired) electrons. The van der Waals surface area contributed by atoms with Gasteiger partial charge >= 0.3 is 16.5 Å². The van der Waals surface area contributed by atoms with Crippen molar-refractivity contribution in [3.8, 4) is 11.5 Å². The Kier molecular flexibility index (Phi) is 7.21. The Morgan fingerprint density at radius 3 is 1.32 bits per heavy atom. The van der Waals surface area contributed by atoms with Crippen LogP contribution in [0.25, 0.3) is 43.9 Å². The standard InChI is InChI=1S/C48H42O6P2/c1-24-15-28(5)44-33(19-24)34-20-25(2)16-29(6)45(34)52-55(51-44)49-39-13-9-11-32-38-23-48(38)37-12-10-14-40(42(37)43(48)41(32)39)50-56-53-46-30(7)17-26(3)21-35(46)36-22-27(4)18-31(8)47(36)54-56/h9-22,38,43H,23H2,1-8H3. The summed E-state index contributed by atoms with van der Waals surface area (Å²) in [5.41, 5.74) is 17.3. The summed E-state index contributed by atoms with van der Waals surface area (Å²) in [6, 6.07) is 30.4. The van der Waals surface area contributed by atoms with Crippen LogP contribution in [-0.4, -0.2) is 0 Å². The minimum atomic E-state index is -1.84. The Balaban J connectivity index is 1.06. The number of rotatable bonds is 4. The zero-order valence-electron chi connectivity index (χ0n) is 32.8. The monoisotopic (exact) mass is 776 g/mol. The quantitative estimate of drug-likeness (QED) is 0.177. The molecule has 3 atom stereocenters. The highest BCUT2D eigenvalue weighted by Crippen LogP contribution is 2.82. The molecule has 0 bridgehead atoms. The Morgan fingerprint density at radius 1 is 0.500 bits per heavy atom. The molecule has 280 valence electrons. The van der Waals surface area contributed by atoms with Crippen molar-refractivity contribution in [2.24, 2.45) is 0 Å². The van der Waals surface area contributed by atoms with Gasteiger partial charge in [-0.2, -0.15) is 0 Å². The molecule has 0 saturated heterocycles. The number of fused-ring (bicyclic) bond motifs is 11. The fraction of sp³-hybridized carbons (Fsp3) is 0.250. The van der Waals surface area contributed by atoms with Gasteiger partial charge in [-0.05, 0) is 160 Å². The molecule has 11 rings (SSSR count). The average molecular weight is 777 g/mol. The molecule has 1 spiro atoms. The van der Waals surface area contributed by atoms with Crippen LogP contribution < -0.4 is 9.05 Å². The molecule has 6 nitrogen and oxygen atoms in total. The van der Waals surface area contributed by atoms with Gasteiger partial charge in [0, 0.05) is 44.0 Å². The summed E-state index contributed by atoms with van der Waals surface area (Å²) < 4.78 is 40.9. The van der Waals surface area contributed by atoms with E-state index in [-0.39, 0.29) is 11.3 Å². The van der Waals surface area contributed by atoms with Crippen LogP contribution >= 0.6 is 16.5 Å². The Bertz CT molecular complexity index is 2990. The summed E-state index contributed by atoms with van der Waals surface area (Å²) in [7, 11) is -3.67. The zero-order chi connectivity index (χ0) is 38.4. The van der Waals surface area contributed by atoms with Crippen molar-refractivity contribution in [3.63, 3.8) is 0 Å². The number of hydrogen-bond acceptors (Lipinski definition) is 6. The largest absolute Gasteiger partial charge is 0.453 e. The van der Waals surface area contributed by atoms with E-state index >= 15 is 0 Å². The zero-order valence-corrected chi connectivity index (χ0v) is 34.6. The van der Waals surface area contributed by atoms with Crippen LogP contribution in [0.3, 0.4) is 0 Å². The van der Waals surface area contributed by atoms with Crippen molar-refractivity contribution in [1.82, 2.24) is 0 Å². The molecule has 3 aliphatic rings. The van der Waals surface area contributed by atoms with Gasteiger partial charge in [0.05, 0.1) is 0 Å². The van der Waals surface area contributed by atoms with E-state index < -0.39 is 16.5 Å². The predicted molar refractivity (Wildman–Crippen MR) is 226 cm³/mol. The molecule has 2 heterocycles. The molecule has 0 aliphatic heterocycles. The average Bonchev–Trinajstić information content (AvgIpc) is 3.91. The van der Waals surface area contributed by atoms with Crippen molar-refractivity contribution in [3.05, 3.63) is 152 Å².